The minimum Gasteiger partial charge on any atom is -0.475 e. The molecule has 1 aromatic rings. The van der Waals surface area contributed by atoms with Gasteiger partial charge in [-0.25, -0.2) is 4.79 Å². The first-order chi connectivity index (χ1) is 7.65. The predicted molar refractivity (Wildman–Crippen MR) is 62.9 cm³/mol. The van der Waals surface area contributed by atoms with Gasteiger partial charge in [0.25, 0.3) is 0 Å². The van der Waals surface area contributed by atoms with Crippen LogP contribution < -0.4 is 0 Å². The SMILES string of the molecule is CC1CCC(Sc2ccc(C(=O)O)o2)CC1. The van der Waals surface area contributed by atoms with E-state index < -0.39 is 5.97 Å². The highest BCUT2D eigenvalue weighted by Crippen LogP contribution is 2.36. The molecule has 1 N–H and O–H groups in total. The van der Waals surface area contributed by atoms with Crippen LogP contribution in [-0.2, 0) is 0 Å². The standard InChI is InChI=1S/C12H16O3S/c1-8-2-4-9(5-3-8)16-11-7-6-10(15-11)12(13)14/h6-9H,2-5H2,1H3,(H,13,14). The second-order valence-corrected chi connectivity index (χ2v) is 5.73. The van der Waals surface area contributed by atoms with Crippen molar-refractivity contribution in [2.75, 3.05) is 0 Å². The second-order valence-electron chi connectivity index (χ2n) is 4.42. The Morgan fingerprint density at radius 3 is 2.62 bits per heavy atom. The van der Waals surface area contributed by atoms with Crippen molar-refractivity contribution in [3.63, 3.8) is 0 Å². The number of aromatic carboxylic acids is 1. The Kier molecular flexibility index (Phi) is 3.59. The lowest BCUT2D eigenvalue weighted by Gasteiger charge is -2.24. The number of carboxylic acid groups (broad SMARTS) is 1. The molecule has 1 aliphatic rings. The third-order valence-corrected chi connectivity index (χ3v) is 4.29. The Labute approximate surface area is 99.2 Å². The fraction of sp³-hybridized carbons (Fsp3) is 0.583. The molecule has 3 nitrogen and oxygen atoms in total. The summed E-state index contributed by atoms with van der Waals surface area (Å²) in [6.45, 7) is 2.29. The molecule has 0 aromatic carbocycles. The summed E-state index contributed by atoms with van der Waals surface area (Å²) in [4.78, 5) is 10.6. The van der Waals surface area contributed by atoms with E-state index in [1.165, 1.54) is 31.7 Å². The van der Waals surface area contributed by atoms with Gasteiger partial charge in [0.2, 0.25) is 5.76 Å². The lowest BCUT2D eigenvalue weighted by molar-refractivity contribution is 0.0656. The van der Waals surface area contributed by atoms with E-state index in [2.05, 4.69) is 6.92 Å². The monoisotopic (exact) mass is 240 g/mol. The van der Waals surface area contributed by atoms with Crippen LogP contribution in [0.1, 0.15) is 43.2 Å². The van der Waals surface area contributed by atoms with Gasteiger partial charge in [-0.15, -0.1) is 0 Å². The van der Waals surface area contributed by atoms with Gasteiger partial charge >= 0.3 is 5.97 Å². The van der Waals surface area contributed by atoms with Gasteiger partial charge in [0.1, 0.15) is 0 Å². The van der Waals surface area contributed by atoms with E-state index >= 15 is 0 Å². The maximum Gasteiger partial charge on any atom is 0.371 e. The van der Waals surface area contributed by atoms with E-state index in [1.807, 2.05) is 0 Å². The zero-order chi connectivity index (χ0) is 11.5. The lowest BCUT2D eigenvalue weighted by Crippen LogP contribution is -2.13. The third-order valence-electron chi connectivity index (χ3n) is 3.04. The van der Waals surface area contributed by atoms with Gasteiger partial charge in [-0.3, -0.25) is 0 Å². The highest BCUT2D eigenvalue weighted by molar-refractivity contribution is 7.99. The second kappa shape index (κ2) is 4.95. The van der Waals surface area contributed by atoms with E-state index in [0.717, 1.165) is 11.0 Å². The van der Waals surface area contributed by atoms with Crippen molar-refractivity contribution >= 4 is 17.7 Å². The average molecular weight is 240 g/mol. The molecule has 0 spiro atoms. The molecule has 0 amide bonds. The Bertz CT molecular complexity index is 364. The molecular formula is C12H16O3S. The number of carbonyl (C=O) groups is 1. The molecule has 4 heteroatoms. The van der Waals surface area contributed by atoms with Gasteiger partial charge < -0.3 is 9.52 Å². The molecule has 16 heavy (non-hydrogen) atoms. The molecule has 1 fully saturated rings. The topological polar surface area (TPSA) is 50.4 Å². The Morgan fingerprint density at radius 1 is 1.38 bits per heavy atom. The first-order valence-corrected chi connectivity index (χ1v) is 6.53. The van der Waals surface area contributed by atoms with Gasteiger partial charge in [-0.2, -0.15) is 0 Å². The van der Waals surface area contributed by atoms with Crippen molar-refractivity contribution in [2.24, 2.45) is 5.92 Å². The smallest absolute Gasteiger partial charge is 0.371 e. The van der Waals surface area contributed by atoms with Crippen LogP contribution in [-0.4, -0.2) is 16.3 Å². The quantitative estimate of drug-likeness (QED) is 0.876. The van der Waals surface area contributed by atoms with Crippen molar-refractivity contribution in [2.45, 2.75) is 42.9 Å². The number of thioether (sulfide) groups is 1. The predicted octanol–water partition coefficient (Wildman–Crippen LogP) is 3.65. The first kappa shape index (κ1) is 11.6. The number of hydrogen-bond acceptors (Lipinski definition) is 3. The van der Waals surface area contributed by atoms with Crippen molar-refractivity contribution in [3.8, 4) is 0 Å². The van der Waals surface area contributed by atoms with Crippen LogP contribution in [0.4, 0.5) is 0 Å². The molecule has 1 saturated carbocycles. The normalized spacial score (nSPS) is 25.6. The average Bonchev–Trinajstić information content (AvgIpc) is 2.70. The van der Waals surface area contributed by atoms with Gasteiger partial charge in [-0.05, 0) is 43.7 Å². The van der Waals surface area contributed by atoms with Gasteiger partial charge in [-0.1, -0.05) is 18.7 Å². The van der Waals surface area contributed by atoms with Crippen molar-refractivity contribution in [3.05, 3.63) is 17.9 Å². The van der Waals surface area contributed by atoms with Crippen LogP contribution in [0.2, 0.25) is 0 Å². The van der Waals surface area contributed by atoms with E-state index in [-0.39, 0.29) is 5.76 Å². The molecule has 1 aliphatic carbocycles. The highest BCUT2D eigenvalue weighted by Gasteiger charge is 2.20. The minimum absolute atomic E-state index is 0.0340. The largest absolute Gasteiger partial charge is 0.475 e. The molecule has 1 heterocycles. The van der Waals surface area contributed by atoms with Crippen molar-refractivity contribution < 1.29 is 14.3 Å². The molecule has 2 rings (SSSR count). The molecule has 0 unspecified atom stereocenters. The number of furan rings is 1. The summed E-state index contributed by atoms with van der Waals surface area (Å²) in [5, 5.41) is 10.1. The van der Waals surface area contributed by atoms with E-state index in [4.69, 9.17) is 9.52 Å². The molecule has 0 bridgehead atoms. The van der Waals surface area contributed by atoms with E-state index in [9.17, 15) is 4.79 Å². The van der Waals surface area contributed by atoms with Crippen molar-refractivity contribution in [1.29, 1.82) is 0 Å². The molecular weight excluding hydrogens is 224 g/mol. The van der Waals surface area contributed by atoms with Crippen LogP contribution >= 0.6 is 11.8 Å². The van der Waals surface area contributed by atoms with Crippen LogP contribution in [0, 0.1) is 5.92 Å². The Balaban J connectivity index is 1.91. The first-order valence-electron chi connectivity index (χ1n) is 5.65. The molecule has 0 radical (unpaired) electrons. The van der Waals surface area contributed by atoms with Crippen LogP contribution in [0.25, 0.3) is 0 Å². The van der Waals surface area contributed by atoms with E-state index in [0.29, 0.717) is 5.25 Å². The lowest BCUT2D eigenvalue weighted by atomic mass is 9.91. The molecule has 0 saturated heterocycles. The number of hydrogen-bond donors (Lipinski definition) is 1. The van der Waals surface area contributed by atoms with Gasteiger partial charge in [0, 0.05) is 5.25 Å². The summed E-state index contributed by atoms with van der Waals surface area (Å²) in [6, 6.07) is 3.28. The summed E-state index contributed by atoms with van der Waals surface area (Å²) < 4.78 is 5.24. The van der Waals surface area contributed by atoms with Crippen LogP contribution in [0.3, 0.4) is 0 Å². The molecule has 0 aliphatic heterocycles. The number of rotatable bonds is 3. The Hall–Kier alpha value is -0.900. The summed E-state index contributed by atoms with van der Waals surface area (Å²) in [6.07, 6.45) is 4.94. The molecule has 0 atom stereocenters. The zero-order valence-electron chi connectivity index (χ0n) is 9.31. The maximum atomic E-state index is 10.6. The van der Waals surface area contributed by atoms with Gasteiger partial charge in [0.05, 0.1) is 0 Å². The summed E-state index contributed by atoms with van der Waals surface area (Å²) in [7, 11) is 0. The van der Waals surface area contributed by atoms with Crippen LogP contribution in [0.5, 0.6) is 0 Å². The van der Waals surface area contributed by atoms with Crippen molar-refractivity contribution in [1.82, 2.24) is 0 Å². The fourth-order valence-electron chi connectivity index (χ4n) is 2.01. The van der Waals surface area contributed by atoms with Gasteiger partial charge in [0.15, 0.2) is 5.09 Å². The summed E-state index contributed by atoms with van der Waals surface area (Å²) in [5.41, 5.74) is 0. The summed E-state index contributed by atoms with van der Waals surface area (Å²) in [5.74, 6) is -0.126. The number of carboxylic acids is 1. The van der Waals surface area contributed by atoms with Crippen LogP contribution in [0.15, 0.2) is 21.6 Å². The molecule has 1 aromatic heterocycles. The fourth-order valence-corrected chi connectivity index (χ4v) is 3.13. The third kappa shape index (κ3) is 2.82. The Morgan fingerprint density at radius 2 is 2.06 bits per heavy atom. The minimum atomic E-state index is -0.996. The maximum absolute atomic E-state index is 10.6. The summed E-state index contributed by atoms with van der Waals surface area (Å²) >= 11 is 1.67. The highest BCUT2D eigenvalue weighted by atomic mass is 32.2. The van der Waals surface area contributed by atoms with E-state index in [1.54, 1.807) is 17.8 Å². The molecule has 88 valence electrons. The zero-order valence-corrected chi connectivity index (χ0v) is 10.1.